The molecule has 2 saturated heterocycles. The molecule has 4 aromatic rings. The minimum atomic E-state index is -0.503. The Morgan fingerprint density at radius 2 is 1.13 bits per heavy atom. The van der Waals surface area contributed by atoms with E-state index in [1.807, 2.05) is 82.8 Å². The molecule has 10 heteroatoms. The zero-order valence-corrected chi connectivity index (χ0v) is 31.0. The van der Waals surface area contributed by atoms with Crippen LogP contribution in [0.15, 0.2) is 106 Å². The summed E-state index contributed by atoms with van der Waals surface area (Å²) >= 11 is 0. The fourth-order valence-corrected chi connectivity index (χ4v) is 5.62. The van der Waals surface area contributed by atoms with Crippen LogP contribution in [0, 0.1) is 47.4 Å². The van der Waals surface area contributed by atoms with Crippen molar-refractivity contribution in [3.05, 3.63) is 118 Å². The van der Waals surface area contributed by atoms with Crippen molar-refractivity contribution in [3.8, 4) is 58.9 Å². The van der Waals surface area contributed by atoms with Gasteiger partial charge in [-0.25, -0.2) is 4.79 Å². The molecule has 2 aliphatic heterocycles. The van der Waals surface area contributed by atoms with Crippen molar-refractivity contribution in [3.63, 3.8) is 0 Å². The lowest BCUT2D eigenvalue weighted by molar-refractivity contribution is 0.0526. The van der Waals surface area contributed by atoms with E-state index in [2.05, 4.69) is 68.0 Å². The van der Waals surface area contributed by atoms with Crippen molar-refractivity contribution >= 4 is 17.3 Å². The third-order valence-electron chi connectivity index (χ3n) is 8.55. The molecule has 0 radical (unpaired) electrons. The van der Waals surface area contributed by atoms with Gasteiger partial charge in [0.25, 0.3) is 0 Å². The van der Waals surface area contributed by atoms with Gasteiger partial charge in [0.15, 0.2) is 5.75 Å². The average molecular weight is 729 g/mol. The topological polar surface area (TPSA) is 101 Å². The normalized spacial score (nSPS) is 13.2. The molecule has 4 aromatic carbocycles. The number of carbonyl (C=O) groups excluding carboxylic acids is 1. The van der Waals surface area contributed by atoms with E-state index in [1.54, 1.807) is 26.2 Å². The van der Waals surface area contributed by atoms with Gasteiger partial charge in [-0.2, -0.15) is 0 Å². The number of hydrogen-bond acceptors (Lipinski definition) is 8. The van der Waals surface area contributed by atoms with E-state index in [0.29, 0.717) is 16.9 Å². The van der Waals surface area contributed by atoms with Crippen LogP contribution in [0.4, 0.5) is 11.4 Å². The summed E-state index contributed by atoms with van der Waals surface area (Å²) in [5.41, 5.74) is 5.11. The van der Waals surface area contributed by atoms with Crippen molar-refractivity contribution < 1.29 is 19.0 Å². The van der Waals surface area contributed by atoms with E-state index in [-0.39, 0.29) is 18.8 Å². The van der Waals surface area contributed by atoms with Crippen LogP contribution < -0.4 is 9.47 Å². The van der Waals surface area contributed by atoms with Crippen molar-refractivity contribution in [2.24, 2.45) is 20.7 Å². The zero-order valence-electron chi connectivity index (χ0n) is 31.0. The molecule has 0 bridgehead atoms. The largest absolute Gasteiger partial charge is 0.497 e. The van der Waals surface area contributed by atoms with Gasteiger partial charge in [0.2, 0.25) is 0 Å². The fourth-order valence-electron chi connectivity index (χ4n) is 5.62. The lowest BCUT2D eigenvalue weighted by atomic mass is 10.0. The highest BCUT2D eigenvalue weighted by Gasteiger charge is 2.16. The summed E-state index contributed by atoms with van der Waals surface area (Å²) in [5.74, 6) is 24.6. The number of rotatable bonds is 10. The number of carbonyl (C=O) groups is 1. The lowest BCUT2D eigenvalue weighted by Crippen LogP contribution is -2.09. The smallest absolute Gasteiger partial charge is 0.338 e. The van der Waals surface area contributed by atoms with Gasteiger partial charge in [0.05, 0.1) is 41.8 Å². The number of methoxy groups -OCH3 is 1. The van der Waals surface area contributed by atoms with Gasteiger partial charge in [-0.15, -0.1) is 10.2 Å². The van der Waals surface area contributed by atoms with Crippen LogP contribution >= 0.6 is 0 Å². The first kappa shape index (κ1) is 37.7. The molecular formula is C45H40N6O4. The molecular weight excluding hydrogens is 689 g/mol. The Kier molecular flexibility index (Phi) is 13.5. The Morgan fingerprint density at radius 1 is 0.655 bits per heavy atom. The summed E-state index contributed by atoms with van der Waals surface area (Å²) in [7, 11) is 1.62. The standard InChI is InChI=1S/C45H40N6O4/c1-3-54-45(52)40-32-38(14-6-4-12-35-16-22-41(23-17-35)46-48-50-28-8-9-29-50)44(55-34-37-20-26-43(53-2)27-21-37)39(33-40)15-7-5-13-36-18-24-42(25-19-36)47-49-51-30-10-11-31-51/h16-27,32-33H,3,8-11,28-31,34H2,1-2H3. The molecule has 0 aromatic heterocycles. The number of ether oxygens (including phenoxy) is 3. The molecule has 0 aliphatic carbocycles. The first-order valence-corrected chi connectivity index (χ1v) is 18.2. The number of nitrogens with zero attached hydrogens (tertiary/aromatic N) is 6. The van der Waals surface area contributed by atoms with E-state index in [1.165, 1.54) is 0 Å². The summed E-state index contributed by atoms with van der Waals surface area (Å²) in [4.78, 5) is 13.0. The third kappa shape index (κ3) is 11.5. The van der Waals surface area contributed by atoms with E-state index in [4.69, 9.17) is 14.2 Å². The van der Waals surface area contributed by atoms with Gasteiger partial charge in [-0.3, -0.25) is 10.0 Å². The molecule has 6 rings (SSSR count). The van der Waals surface area contributed by atoms with Gasteiger partial charge >= 0.3 is 5.97 Å². The predicted molar refractivity (Wildman–Crippen MR) is 211 cm³/mol. The predicted octanol–water partition coefficient (Wildman–Crippen LogP) is 8.45. The Hall–Kier alpha value is -7.01. The Labute approximate surface area is 322 Å². The summed E-state index contributed by atoms with van der Waals surface area (Å²) in [6, 6.07) is 25.8. The first-order chi connectivity index (χ1) is 27.1. The van der Waals surface area contributed by atoms with Gasteiger partial charge in [-0.1, -0.05) is 34.4 Å². The molecule has 0 atom stereocenters. The highest BCUT2D eigenvalue weighted by Crippen LogP contribution is 2.27. The maximum Gasteiger partial charge on any atom is 0.338 e. The van der Waals surface area contributed by atoms with Gasteiger partial charge in [0, 0.05) is 37.3 Å². The maximum atomic E-state index is 13.0. The number of benzene rings is 4. The fraction of sp³-hybridized carbons (Fsp3) is 0.267. The molecule has 55 heavy (non-hydrogen) atoms. The summed E-state index contributed by atoms with van der Waals surface area (Å²) in [5, 5.41) is 21.2. The minimum Gasteiger partial charge on any atom is -0.497 e. The van der Waals surface area contributed by atoms with Gasteiger partial charge in [-0.05, 0) is 146 Å². The molecule has 0 unspecified atom stereocenters. The van der Waals surface area contributed by atoms with E-state index < -0.39 is 5.97 Å². The molecule has 2 aliphatic rings. The van der Waals surface area contributed by atoms with E-state index in [9.17, 15) is 4.79 Å². The lowest BCUT2D eigenvalue weighted by Gasteiger charge is -2.13. The van der Waals surface area contributed by atoms with E-state index >= 15 is 0 Å². The van der Waals surface area contributed by atoms with Crippen molar-refractivity contribution in [2.45, 2.75) is 39.2 Å². The average Bonchev–Trinajstić information content (AvgIpc) is 3.95. The first-order valence-electron chi connectivity index (χ1n) is 18.2. The SMILES string of the molecule is CCOC(=O)c1cc(C#CC#Cc2ccc(N=NN3CCCC3)cc2)c(OCc2ccc(OC)cc2)c(C#CC#Cc2ccc(N=NN3CCCC3)cc2)c1. The molecule has 0 amide bonds. The number of esters is 1. The van der Waals surface area contributed by atoms with Crippen molar-refractivity contribution in [2.75, 3.05) is 39.9 Å². The molecule has 274 valence electrons. The Balaban J connectivity index is 1.26. The molecule has 10 nitrogen and oxygen atoms in total. The summed E-state index contributed by atoms with van der Waals surface area (Å²) in [6.07, 6.45) is 4.58. The summed E-state index contributed by atoms with van der Waals surface area (Å²) in [6.45, 7) is 5.93. The minimum absolute atomic E-state index is 0.213. The van der Waals surface area contributed by atoms with Gasteiger partial charge < -0.3 is 14.2 Å². The van der Waals surface area contributed by atoms with Crippen LogP contribution in [-0.4, -0.2) is 55.9 Å². The second kappa shape index (κ2) is 19.7. The Morgan fingerprint density at radius 3 is 1.58 bits per heavy atom. The monoisotopic (exact) mass is 728 g/mol. The van der Waals surface area contributed by atoms with E-state index in [0.717, 1.165) is 85.7 Å². The number of hydrogen-bond donors (Lipinski definition) is 0. The third-order valence-corrected chi connectivity index (χ3v) is 8.55. The zero-order chi connectivity index (χ0) is 38.1. The highest BCUT2D eigenvalue weighted by atomic mass is 16.5. The van der Waals surface area contributed by atoms with Crippen LogP contribution in [-0.2, 0) is 11.3 Å². The quantitative estimate of drug-likeness (QED) is 0.0924. The highest BCUT2D eigenvalue weighted by molar-refractivity contribution is 5.91. The molecule has 2 fully saturated rings. The molecule has 0 saturated carbocycles. The molecule has 2 heterocycles. The maximum absolute atomic E-state index is 13.0. The second-order valence-corrected chi connectivity index (χ2v) is 12.6. The van der Waals surface area contributed by atoms with Crippen LogP contribution in [0.2, 0.25) is 0 Å². The van der Waals surface area contributed by atoms with Crippen molar-refractivity contribution in [1.29, 1.82) is 0 Å². The van der Waals surface area contributed by atoms with Crippen LogP contribution in [0.3, 0.4) is 0 Å². The van der Waals surface area contributed by atoms with Crippen LogP contribution in [0.25, 0.3) is 0 Å². The second-order valence-electron chi connectivity index (χ2n) is 12.6. The van der Waals surface area contributed by atoms with Crippen LogP contribution in [0.5, 0.6) is 11.5 Å². The van der Waals surface area contributed by atoms with Crippen molar-refractivity contribution in [1.82, 2.24) is 10.0 Å². The molecule has 0 spiro atoms. The Bertz CT molecular complexity index is 2130. The molecule has 0 N–H and O–H groups in total. The van der Waals surface area contributed by atoms with Crippen LogP contribution in [0.1, 0.15) is 70.8 Å². The summed E-state index contributed by atoms with van der Waals surface area (Å²) < 4.78 is 17.0. The van der Waals surface area contributed by atoms with Gasteiger partial charge in [0.1, 0.15) is 12.4 Å².